The van der Waals surface area contributed by atoms with Crippen molar-refractivity contribution in [1.82, 2.24) is 0 Å². The molecule has 2 aromatic carbocycles. The van der Waals surface area contributed by atoms with Crippen LogP contribution in [-0.4, -0.2) is 51.7 Å². The summed E-state index contributed by atoms with van der Waals surface area (Å²) in [6.45, 7) is 3.50. The number of halogens is 1. The first-order valence-electron chi connectivity index (χ1n) is 9.16. The third kappa shape index (κ3) is 3.69. The summed E-state index contributed by atoms with van der Waals surface area (Å²) in [5.41, 5.74) is -0.245. The van der Waals surface area contributed by atoms with Gasteiger partial charge in [0.25, 0.3) is 0 Å². The molecular weight excluding hydrogens is 440 g/mol. The van der Waals surface area contributed by atoms with Crippen LogP contribution < -0.4 is 0 Å². The minimum atomic E-state index is -2.26. The molecule has 29 heavy (non-hydrogen) atoms. The number of benzene rings is 2. The Morgan fingerprint density at radius 1 is 1.10 bits per heavy atom. The van der Waals surface area contributed by atoms with E-state index in [9.17, 15) is 19.8 Å². The predicted octanol–water partition coefficient (Wildman–Crippen LogP) is 2.65. The van der Waals surface area contributed by atoms with Crippen LogP contribution in [0.4, 0.5) is 0 Å². The molecule has 1 unspecified atom stereocenters. The topological polar surface area (TPSA) is 93.1 Å². The molecule has 0 spiro atoms. The molecular formula is C22H23BrO6. The van der Waals surface area contributed by atoms with Crippen molar-refractivity contribution in [1.29, 1.82) is 0 Å². The summed E-state index contributed by atoms with van der Waals surface area (Å²) in [5, 5.41) is 22.2. The first-order chi connectivity index (χ1) is 13.7. The van der Waals surface area contributed by atoms with E-state index in [-0.39, 0.29) is 5.56 Å². The van der Waals surface area contributed by atoms with Crippen LogP contribution in [0.3, 0.4) is 0 Å². The molecule has 0 aliphatic carbocycles. The van der Waals surface area contributed by atoms with Crippen molar-refractivity contribution in [2.75, 3.05) is 7.11 Å². The molecule has 1 aliphatic heterocycles. The number of aliphatic hydroxyl groups is 2. The first kappa shape index (κ1) is 21.8. The van der Waals surface area contributed by atoms with E-state index in [0.717, 1.165) is 0 Å². The Kier molecular flexibility index (Phi) is 6.36. The van der Waals surface area contributed by atoms with Crippen molar-refractivity contribution in [3.05, 3.63) is 70.8 Å². The number of rotatable bonds is 6. The number of ketones is 2. The van der Waals surface area contributed by atoms with Crippen LogP contribution in [0.2, 0.25) is 0 Å². The van der Waals surface area contributed by atoms with Crippen molar-refractivity contribution in [3.8, 4) is 0 Å². The van der Waals surface area contributed by atoms with Gasteiger partial charge < -0.3 is 19.7 Å². The average Bonchev–Trinajstić information content (AvgIpc) is 2.98. The van der Waals surface area contributed by atoms with Crippen LogP contribution >= 0.6 is 15.9 Å². The minimum absolute atomic E-state index is 0.267. The van der Waals surface area contributed by atoms with Gasteiger partial charge in [0.2, 0.25) is 0 Å². The number of hydrogen-bond acceptors (Lipinski definition) is 6. The number of aryl methyl sites for hydroxylation is 2. The lowest BCUT2D eigenvalue weighted by Gasteiger charge is -2.30. The van der Waals surface area contributed by atoms with Gasteiger partial charge in [-0.15, -0.1) is 0 Å². The predicted molar refractivity (Wildman–Crippen MR) is 110 cm³/mol. The fourth-order valence-corrected chi connectivity index (χ4v) is 4.38. The fraction of sp³-hybridized carbons (Fsp3) is 0.364. The largest absolute Gasteiger partial charge is 0.380 e. The molecule has 0 amide bonds. The average molecular weight is 463 g/mol. The van der Waals surface area contributed by atoms with E-state index in [4.69, 9.17) is 9.47 Å². The number of methoxy groups -OCH3 is 1. The highest BCUT2D eigenvalue weighted by atomic mass is 79.9. The smallest absolute Gasteiger partial charge is 0.199 e. The van der Waals surface area contributed by atoms with Gasteiger partial charge in [0.15, 0.2) is 29.6 Å². The van der Waals surface area contributed by atoms with Crippen LogP contribution in [0.5, 0.6) is 0 Å². The fourth-order valence-electron chi connectivity index (χ4n) is 3.60. The van der Waals surface area contributed by atoms with Gasteiger partial charge in [0.05, 0.1) is 0 Å². The van der Waals surface area contributed by atoms with Crippen molar-refractivity contribution in [2.24, 2.45) is 0 Å². The zero-order valence-corrected chi connectivity index (χ0v) is 17.9. The molecule has 1 aliphatic rings. The molecule has 7 heteroatoms. The molecule has 1 fully saturated rings. The van der Waals surface area contributed by atoms with E-state index in [1.54, 1.807) is 62.4 Å². The van der Waals surface area contributed by atoms with Crippen LogP contribution in [0.15, 0.2) is 48.5 Å². The number of aliphatic hydroxyl groups excluding tert-OH is 1. The van der Waals surface area contributed by atoms with Gasteiger partial charge >= 0.3 is 0 Å². The third-order valence-electron chi connectivity index (χ3n) is 5.33. The van der Waals surface area contributed by atoms with Gasteiger partial charge in [-0.2, -0.15) is 0 Å². The molecule has 0 aromatic heterocycles. The van der Waals surface area contributed by atoms with E-state index in [0.29, 0.717) is 16.7 Å². The SMILES string of the molecule is CO[C@@H]1O[C@@H](C(=O)C(O)c2ccccc2C)[C@@](O)(C(=O)c2ccccc2C)[C@H]1Br. The second-order valence-electron chi connectivity index (χ2n) is 7.15. The zero-order valence-electron chi connectivity index (χ0n) is 16.3. The van der Waals surface area contributed by atoms with Crippen LogP contribution in [-0.2, 0) is 14.3 Å². The molecule has 6 nitrogen and oxygen atoms in total. The molecule has 0 bridgehead atoms. The zero-order chi connectivity index (χ0) is 21.3. The Labute approximate surface area is 177 Å². The second kappa shape index (κ2) is 8.45. The Morgan fingerprint density at radius 3 is 2.28 bits per heavy atom. The molecule has 5 atom stereocenters. The van der Waals surface area contributed by atoms with Gasteiger partial charge in [-0.3, -0.25) is 9.59 Å². The lowest BCUT2D eigenvalue weighted by atomic mass is 9.81. The van der Waals surface area contributed by atoms with E-state index >= 15 is 0 Å². The van der Waals surface area contributed by atoms with E-state index in [1.165, 1.54) is 7.11 Å². The third-order valence-corrected chi connectivity index (χ3v) is 6.46. The highest BCUT2D eigenvalue weighted by Crippen LogP contribution is 2.41. The van der Waals surface area contributed by atoms with Gasteiger partial charge in [0.1, 0.15) is 10.9 Å². The molecule has 0 radical (unpaired) electrons. The summed E-state index contributed by atoms with van der Waals surface area (Å²) in [5.74, 6) is -1.49. The van der Waals surface area contributed by atoms with Crippen molar-refractivity contribution in [3.63, 3.8) is 0 Å². The number of hydrogen-bond donors (Lipinski definition) is 2. The molecule has 1 heterocycles. The van der Waals surface area contributed by atoms with E-state index in [1.807, 2.05) is 0 Å². The Bertz CT molecular complexity index is 929. The van der Waals surface area contributed by atoms with Gasteiger partial charge in [-0.05, 0) is 30.5 Å². The minimum Gasteiger partial charge on any atom is -0.380 e. The van der Waals surface area contributed by atoms with E-state index in [2.05, 4.69) is 15.9 Å². The molecule has 2 aromatic rings. The van der Waals surface area contributed by atoms with Crippen molar-refractivity contribution >= 4 is 27.5 Å². The molecule has 2 N–H and O–H groups in total. The van der Waals surface area contributed by atoms with Crippen molar-refractivity contribution < 1.29 is 29.3 Å². The lowest BCUT2D eigenvalue weighted by molar-refractivity contribution is -0.159. The van der Waals surface area contributed by atoms with E-state index < -0.39 is 40.5 Å². The van der Waals surface area contributed by atoms with Crippen LogP contribution in [0.1, 0.15) is 33.2 Å². The number of carbonyl (C=O) groups excluding carboxylic acids is 2. The maximum Gasteiger partial charge on any atom is 0.199 e. The number of carbonyl (C=O) groups is 2. The Balaban J connectivity index is 2.03. The molecule has 3 rings (SSSR count). The van der Waals surface area contributed by atoms with Crippen LogP contribution in [0.25, 0.3) is 0 Å². The molecule has 1 saturated heterocycles. The standard InChI is InChI=1S/C22H23BrO6/c1-12-8-4-6-10-14(12)16(24)17(25)20-22(27,18(23)21(28-3)29-20)19(26)15-11-7-5-9-13(15)2/h4-11,16,18,20-21,24,27H,1-3H3/t16?,18-,20-,21+,22-/m0/s1. The Hall–Kier alpha value is -1.90. The summed E-state index contributed by atoms with van der Waals surface area (Å²) < 4.78 is 10.8. The van der Waals surface area contributed by atoms with Gasteiger partial charge in [0, 0.05) is 12.7 Å². The highest BCUT2D eigenvalue weighted by Gasteiger charge is 2.63. The van der Waals surface area contributed by atoms with Crippen molar-refractivity contribution in [2.45, 2.75) is 42.8 Å². The Morgan fingerprint density at radius 2 is 1.69 bits per heavy atom. The monoisotopic (exact) mass is 462 g/mol. The number of Topliss-reactive ketones (excluding diaryl/α,β-unsaturated/α-hetero) is 2. The molecule has 154 valence electrons. The lowest BCUT2D eigenvalue weighted by Crippen LogP contribution is -2.56. The second-order valence-corrected chi connectivity index (χ2v) is 8.14. The number of alkyl halides is 1. The maximum atomic E-state index is 13.4. The number of ether oxygens (including phenoxy) is 2. The summed E-state index contributed by atoms with van der Waals surface area (Å²) >= 11 is 3.28. The molecule has 0 saturated carbocycles. The normalized spacial score (nSPS) is 27.6. The van der Waals surface area contributed by atoms with Crippen LogP contribution in [0, 0.1) is 13.8 Å². The van der Waals surface area contributed by atoms with Gasteiger partial charge in [-0.1, -0.05) is 64.5 Å². The summed E-state index contributed by atoms with van der Waals surface area (Å²) in [4.78, 5) is 25.5. The highest BCUT2D eigenvalue weighted by molar-refractivity contribution is 9.09. The summed E-state index contributed by atoms with van der Waals surface area (Å²) in [7, 11) is 1.35. The quantitative estimate of drug-likeness (QED) is 0.506. The first-order valence-corrected chi connectivity index (χ1v) is 10.1. The summed E-state index contributed by atoms with van der Waals surface area (Å²) in [6.07, 6.45) is -4.22. The maximum absolute atomic E-state index is 13.4. The summed E-state index contributed by atoms with van der Waals surface area (Å²) in [6, 6.07) is 13.6. The van der Waals surface area contributed by atoms with Gasteiger partial charge in [-0.25, -0.2) is 0 Å².